The molecule has 4 nitrogen and oxygen atoms in total. The van der Waals surface area contributed by atoms with Gasteiger partial charge in [-0.1, -0.05) is 31.5 Å². The van der Waals surface area contributed by atoms with E-state index in [1.54, 1.807) is 7.11 Å². The highest BCUT2D eigenvalue weighted by Crippen LogP contribution is 2.37. The molecule has 0 saturated heterocycles. The monoisotopic (exact) mass is 378 g/mol. The summed E-state index contributed by atoms with van der Waals surface area (Å²) in [7, 11) is 1.71. The van der Waals surface area contributed by atoms with E-state index in [0.29, 0.717) is 12.5 Å². The Balaban J connectivity index is 1.66. The summed E-state index contributed by atoms with van der Waals surface area (Å²) in [6.07, 6.45) is 2.08. The fourth-order valence-corrected chi connectivity index (χ4v) is 4.01. The van der Waals surface area contributed by atoms with Gasteiger partial charge >= 0.3 is 0 Å². The number of hydrogen-bond donors (Lipinski definition) is 2. The third-order valence-electron chi connectivity index (χ3n) is 5.58. The van der Waals surface area contributed by atoms with Gasteiger partial charge in [-0.15, -0.1) is 0 Å². The lowest BCUT2D eigenvalue weighted by molar-refractivity contribution is 0.272. The lowest BCUT2D eigenvalue weighted by atomic mass is 9.94. The van der Waals surface area contributed by atoms with Crippen LogP contribution < -0.4 is 14.8 Å². The van der Waals surface area contributed by atoms with E-state index in [4.69, 9.17) is 9.47 Å². The number of aromatic amines is 1. The molecule has 1 aromatic heterocycles. The summed E-state index contributed by atoms with van der Waals surface area (Å²) >= 11 is 0. The summed E-state index contributed by atoms with van der Waals surface area (Å²) in [5, 5.41) is 5.02. The van der Waals surface area contributed by atoms with Crippen LogP contribution >= 0.6 is 0 Å². The van der Waals surface area contributed by atoms with Crippen molar-refractivity contribution in [1.29, 1.82) is 0 Å². The fraction of sp³-hybridized carbons (Fsp3) is 0.417. The number of hydrogen-bond acceptors (Lipinski definition) is 3. The lowest BCUT2D eigenvalue weighted by Crippen LogP contribution is -2.30. The maximum absolute atomic E-state index is 5.96. The largest absolute Gasteiger partial charge is 0.493 e. The van der Waals surface area contributed by atoms with Gasteiger partial charge in [0.15, 0.2) is 11.5 Å². The number of methoxy groups -OCH3 is 1. The molecule has 4 rings (SSSR count). The summed E-state index contributed by atoms with van der Waals surface area (Å²) in [5.41, 5.74) is 6.40. The topological polar surface area (TPSA) is 46.3 Å². The zero-order valence-electron chi connectivity index (χ0n) is 17.3. The molecule has 1 atom stereocenters. The molecule has 3 aromatic rings. The van der Waals surface area contributed by atoms with Gasteiger partial charge in [0.25, 0.3) is 0 Å². The molecule has 28 heavy (non-hydrogen) atoms. The van der Waals surface area contributed by atoms with E-state index in [2.05, 4.69) is 61.4 Å². The second-order valence-corrected chi connectivity index (χ2v) is 8.14. The van der Waals surface area contributed by atoms with E-state index in [1.807, 2.05) is 6.07 Å². The van der Waals surface area contributed by atoms with Crippen molar-refractivity contribution in [1.82, 2.24) is 10.3 Å². The number of benzene rings is 2. The number of fused-ring (bicyclic) bond motifs is 3. The molecule has 1 unspecified atom stereocenters. The van der Waals surface area contributed by atoms with Crippen LogP contribution in [0.1, 0.15) is 48.7 Å². The highest BCUT2D eigenvalue weighted by Gasteiger charge is 2.26. The van der Waals surface area contributed by atoms with Crippen molar-refractivity contribution in [2.24, 2.45) is 5.92 Å². The Morgan fingerprint density at radius 2 is 1.96 bits per heavy atom. The van der Waals surface area contributed by atoms with Gasteiger partial charge in [0.05, 0.1) is 19.8 Å². The predicted octanol–water partition coefficient (Wildman–Crippen LogP) is 5.14. The van der Waals surface area contributed by atoms with Crippen molar-refractivity contribution < 1.29 is 9.47 Å². The number of rotatable bonds is 6. The highest BCUT2D eigenvalue weighted by molar-refractivity contribution is 5.86. The summed E-state index contributed by atoms with van der Waals surface area (Å²) in [4.78, 5) is 3.66. The van der Waals surface area contributed by atoms with E-state index >= 15 is 0 Å². The Hall–Kier alpha value is -2.46. The van der Waals surface area contributed by atoms with Crippen molar-refractivity contribution >= 4 is 10.9 Å². The molecule has 2 heterocycles. The Morgan fingerprint density at radius 3 is 2.75 bits per heavy atom. The molecule has 148 valence electrons. The van der Waals surface area contributed by atoms with Gasteiger partial charge < -0.3 is 19.8 Å². The summed E-state index contributed by atoms with van der Waals surface area (Å²) in [6.45, 7) is 8.24. The van der Waals surface area contributed by atoms with Crippen molar-refractivity contribution in [3.05, 3.63) is 58.8 Å². The van der Waals surface area contributed by atoms with E-state index in [-0.39, 0.29) is 6.04 Å². The first-order valence-corrected chi connectivity index (χ1v) is 10.2. The smallest absolute Gasteiger partial charge is 0.161 e. The highest BCUT2D eigenvalue weighted by atomic mass is 16.5. The van der Waals surface area contributed by atoms with Gasteiger partial charge in [-0.05, 0) is 61.1 Å². The minimum atomic E-state index is 0.134. The van der Waals surface area contributed by atoms with E-state index in [9.17, 15) is 0 Å². The lowest BCUT2D eigenvalue weighted by Gasteiger charge is -2.25. The molecule has 0 aliphatic carbocycles. The van der Waals surface area contributed by atoms with Gasteiger partial charge in [-0.25, -0.2) is 0 Å². The molecule has 0 bridgehead atoms. The molecule has 4 heteroatoms. The van der Waals surface area contributed by atoms with Crippen LogP contribution in [-0.4, -0.2) is 25.2 Å². The first kappa shape index (κ1) is 18.9. The van der Waals surface area contributed by atoms with Crippen LogP contribution in [0.3, 0.4) is 0 Å². The van der Waals surface area contributed by atoms with Crippen molar-refractivity contribution in [3.63, 3.8) is 0 Å². The molecular weight excluding hydrogens is 348 g/mol. The normalized spacial score (nSPS) is 16.4. The Kier molecular flexibility index (Phi) is 5.31. The zero-order chi connectivity index (χ0) is 19.7. The third-order valence-corrected chi connectivity index (χ3v) is 5.58. The van der Waals surface area contributed by atoms with Crippen molar-refractivity contribution in [2.75, 3.05) is 20.3 Å². The molecule has 0 radical (unpaired) electrons. The standard InChI is InChI=1S/C24H30N2O2/c1-15(2)10-12-28-21-8-6-17(14-22(21)27-4)23-24-18(9-11-25-23)19-13-16(3)5-7-20(19)26-24/h5-8,13-15,23,25-26H,9-12H2,1-4H3. The molecule has 0 saturated carbocycles. The molecule has 0 fully saturated rings. The Bertz CT molecular complexity index is 974. The van der Waals surface area contributed by atoms with Crippen molar-refractivity contribution in [2.45, 2.75) is 39.7 Å². The van der Waals surface area contributed by atoms with Gasteiger partial charge in [0.1, 0.15) is 0 Å². The first-order chi connectivity index (χ1) is 13.6. The molecule has 2 N–H and O–H groups in total. The van der Waals surface area contributed by atoms with Gasteiger partial charge in [0.2, 0.25) is 0 Å². The van der Waals surface area contributed by atoms with E-state index < -0.39 is 0 Å². The maximum Gasteiger partial charge on any atom is 0.161 e. The number of H-pyrrole nitrogens is 1. The van der Waals surface area contributed by atoms with Crippen LogP contribution in [0.25, 0.3) is 10.9 Å². The number of ether oxygens (including phenoxy) is 2. The summed E-state index contributed by atoms with van der Waals surface area (Å²) in [5.74, 6) is 2.23. The Morgan fingerprint density at radius 1 is 1.11 bits per heavy atom. The van der Waals surface area contributed by atoms with E-state index in [0.717, 1.165) is 30.9 Å². The number of aromatic nitrogens is 1. The van der Waals surface area contributed by atoms with Crippen LogP contribution in [0.5, 0.6) is 11.5 Å². The first-order valence-electron chi connectivity index (χ1n) is 10.2. The average molecular weight is 379 g/mol. The molecular formula is C24H30N2O2. The molecule has 0 amide bonds. The Labute approximate surface area is 167 Å². The van der Waals surface area contributed by atoms with Crippen LogP contribution in [-0.2, 0) is 6.42 Å². The second-order valence-electron chi connectivity index (χ2n) is 8.14. The van der Waals surface area contributed by atoms with Gasteiger partial charge in [0, 0.05) is 23.1 Å². The molecule has 0 spiro atoms. The van der Waals surface area contributed by atoms with Crippen LogP contribution in [0.2, 0.25) is 0 Å². The summed E-state index contributed by atoms with van der Waals surface area (Å²) in [6, 6.07) is 13.1. The number of aryl methyl sites for hydroxylation is 1. The zero-order valence-corrected chi connectivity index (χ0v) is 17.3. The van der Waals surface area contributed by atoms with Gasteiger partial charge in [-0.2, -0.15) is 0 Å². The minimum Gasteiger partial charge on any atom is -0.493 e. The minimum absolute atomic E-state index is 0.134. The predicted molar refractivity (Wildman–Crippen MR) is 115 cm³/mol. The molecule has 1 aliphatic rings. The maximum atomic E-state index is 5.96. The second kappa shape index (κ2) is 7.88. The average Bonchev–Trinajstić information content (AvgIpc) is 3.06. The quantitative estimate of drug-likeness (QED) is 0.624. The molecule has 1 aliphatic heterocycles. The van der Waals surface area contributed by atoms with Gasteiger partial charge in [-0.3, -0.25) is 0 Å². The summed E-state index contributed by atoms with van der Waals surface area (Å²) < 4.78 is 11.6. The SMILES string of the molecule is COc1cc(C2NCCc3c2[nH]c2ccc(C)cc32)ccc1OCCC(C)C. The van der Waals surface area contributed by atoms with E-state index in [1.165, 1.54) is 33.3 Å². The molecule has 2 aromatic carbocycles. The van der Waals surface area contributed by atoms with Crippen LogP contribution in [0, 0.1) is 12.8 Å². The number of nitrogens with one attached hydrogen (secondary N) is 2. The third kappa shape index (κ3) is 3.61. The fourth-order valence-electron chi connectivity index (χ4n) is 4.01. The van der Waals surface area contributed by atoms with Crippen LogP contribution in [0.4, 0.5) is 0 Å². The van der Waals surface area contributed by atoms with Crippen LogP contribution in [0.15, 0.2) is 36.4 Å². The van der Waals surface area contributed by atoms with Crippen molar-refractivity contribution in [3.8, 4) is 11.5 Å².